The predicted octanol–water partition coefficient (Wildman–Crippen LogP) is 3.06. The first-order valence-corrected chi connectivity index (χ1v) is 7.60. The number of nitrogens with zero attached hydrogens (tertiary/aromatic N) is 1. The number of carbonyl (C=O) groups excluding carboxylic acids is 1. The number of hydrogen-bond acceptors (Lipinski definition) is 5. The minimum Gasteiger partial charge on any atom is -0.493 e. The van der Waals surface area contributed by atoms with Crippen molar-refractivity contribution in [1.29, 1.82) is 0 Å². The number of nitrogens with one attached hydrogen (secondary N) is 1. The molecule has 0 aliphatic heterocycles. The first kappa shape index (κ1) is 16.3. The summed E-state index contributed by atoms with van der Waals surface area (Å²) in [7, 11) is 1.58. The molecule has 6 nitrogen and oxygen atoms in total. The molecule has 22 heavy (non-hydrogen) atoms. The summed E-state index contributed by atoms with van der Waals surface area (Å²) in [5.41, 5.74) is 3.17. The third-order valence-electron chi connectivity index (χ3n) is 2.67. The van der Waals surface area contributed by atoms with Gasteiger partial charge in [0.05, 0.1) is 29.8 Å². The number of amides is 1. The van der Waals surface area contributed by atoms with Crippen molar-refractivity contribution >= 4 is 34.7 Å². The minimum absolute atomic E-state index is 0.205. The van der Waals surface area contributed by atoms with Crippen LogP contribution in [-0.4, -0.2) is 25.8 Å². The Bertz CT molecular complexity index is 668. The second kappa shape index (κ2) is 7.83. The Kier molecular flexibility index (Phi) is 5.82. The number of furan rings is 1. The molecule has 0 saturated heterocycles. The van der Waals surface area contributed by atoms with Crippen molar-refractivity contribution in [1.82, 2.24) is 5.43 Å². The van der Waals surface area contributed by atoms with Crippen LogP contribution in [0.25, 0.3) is 0 Å². The molecule has 2 aromatic rings. The molecule has 7 heteroatoms. The van der Waals surface area contributed by atoms with Crippen LogP contribution in [0.15, 0.2) is 40.0 Å². The third-order valence-corrected chi connectivity index (χ3v) is 3.47. The molecule has 1 heterocycles. The van der Waals surface area contributed by atoms with Crippen LogP contribution in [-0.2, 0) is 0 Å². The van der Waals surface area contributed by atoms with E-state index >= 15 is 0 Å². The van der Waals surface area contributed by atoms with Crippen molar-refractivity contribution in [2.45, 2.75) is 6.92 Å². The molecule has 0 aliphatic carbocycles. The summed E-state index contributed by atoms with van der Waals surface area (Å²) in [6.07, 6.45) is 2.96. The van der Waals surface area contributed by atoms with E-state index < -0.39 is 5.91 Å². The molecule has 0 aliphatic rings. The fraction of sp³-hybridized carbons (Fsp3) is 0.200. The Labute approximate surface area is 141 Å². The maximum atomic E-state index is 11.7. The van der Waals surface area contributed by atoms with E-state index in [9.17, 15) is 4.79 Å². The van der Waals surface area contributed by atoms with Crippen LogP contribution >= 0.6 is 22.6 Å². The summed E-state index contributed by atoms with van der Waals surface area (Å²) in [6, 6.07) is 6.87. The molecule has 1 amide bonds. The first-order valence-electron chi connectivity index (χ1n) is 6.53. The van der Waals surface area contributed by atoms with Gasteiger partial charge >= 0.3 is 5.91 Å². The number of carbonyl (C=O) groups is 1. The van der Waals surface area contributed by atoms with Crippen LogP contribution < -0.4 is 14.9 Å². The molecule has 0 atom stereocenters. The second-order valence-electron chi connectivity index (χ2n) is 4.14. The third kappa shape index (κ3) is 4.00. The number of halogens is 1. The number of ether oxygens (including phenoxy) is 2. The van der Waals surface area contributed by atoms with Crippen LogP contribution in [0.1, 0.15) is 23.0 Å². The van der Waals surface area contributed by atoms with Crippen molar-refractivity contribution in [3.8, 4) is 11.5 Å². The molecule has 1 N–H and O–H groups in total. The van der Waals surface area contributed by atoms with E-state index in [-0.39, 0.29) is 5.76 Å². The highest BCUT2D eigenvalue weighted by atomic mass is 127. The predicted molar refractivity (Wildman–Crippen MR) is 90.6 cm³/mol. The molecular weight excluding hydrogens is 399 g/mol. The molecule has 0 saturated carbocycles. The highest BCUT2D eigenvalue weighted by Crippen LogP contribution is 2.33. The molecule has 116 valence electrons. The first-order chi connectivity index (χ1) is 10.7. The van der Waals surface area contributed by atoms with Gasteiger partial charge in [-0.3, -0.25) is 4.79 Å². The largest absolute Gasteiger partial charge is 0.493 e. The van der Waals surface area contributed by atoms with E-state index in [0.29, 0.717) is 18.1 Å². The van der Waals surface area contributed by atoms with Crippen LogP contribution in [0.5, 0.6) is 11.5 Å². The zero-order valence-corrected chi connectivity index (χ0v) is 14.3. The quantitative estimate of drug-likeness (QED) is 0.448. The smallest absolute Gasteiger partial charge is 0.307 e. The molecule has 1 aromatic heterocycles. The van der Waals surface area contributed by atoms with Gasteiger partial charge in [0.1, 0.15) is 0 Å². The summed E-state index contributed by atoms with van der Waals surface area (Å²) in [5, 5.41) is 3.91. The normalized spacial score (nSPS) is 10.7. The van der Waals surface area contributed by atoms with Gasteiger partial charge < -0.3 is 13.9 Å². The highest BCUT2D eigenvalue weighted by molar-refractivity contribution is 14.1. The lowest BCUT2D eigenvalue weighted by Crippen LogP contribution is -2.16. The SMILES string of the molecule is CCOc1c(I)cc(/C=N\NC(=O)c2ccco2)cc1OC. The summed E-state index contributed by atoms with van der Waals surface area (Å²) in [6.45, 7) is 2.47. The van der Waals surface area contributed by atoms with Gasteiger partial charge in [-0.05, 0) is 59.3 Å². The van der Waals surface area contributed by atoms with Crippen molar-refractivity contribution in [2.75, 3.05) is 13.7 Å². The summed E-state index contributed by atoms with van der Waals surface area (Å²) >= 11 is 2.16. The van der Waals surface area contributed by atoms with Crippen molar-refractivity contribution in [3.63, 3.8) is 0 Å². The number of methoxy groups -OCH3 is 1. The van der Waals surface area contributed by atoms with Gasteiger partial charge in [-0.1, -0.05) is 0 Å². The van der Waals surface area contributed by atoms with Gasteiger partial charge in [-0.15, -0.1) is 0 Å². The van der Waals surface area contributed by atoms with Crippen LogP contribution in [0.2, 0.25) is 0 Å². The summed E-state index contributed by atoms with van der Waals surface area (Å²) in [4.78, 5) is 11.7. The number of benzene rings is 1. The van der Waals surface area contributed by atoms with Crippen molar-refractivity contribution in [2.24, 2.45) is 5.10 Å². The number of hydrogen-bond donors (Lipinski definition) is 1. The second-order valence-corrected chi connectivity index (χ2v) is 5.31. The van der Waals surface area contributed by atoms with E-state index in [1.807, 2.05) is 13.0 Å². The van der Waals surface area contributed by atoms with Gasteiger partial charge in [0, 0.05) is 0 Å². The average molecular weight is 414 g/mol. The molecule has 2 rings (SSSR count). The molecule has 0 radical (unpaired) electrons. The van der Waals surface area contributed by atoms with Gasteiger partial charge in [0.2, 0.25) is 0 Å². The van der Waals surface area contributed by atoms with Gasteiger partial charge in [-0.25, -0.2) is 5.43 Å². The molecule has 0 spiro atoms. The van der Waals surface area contributed by atoms with Crippen LogP contribution in [0.3, 0.4) is 0 Å². The van der Waals surface area contributed by atoms with Gasteiger partial charge in [-0.2, -0.15) is 5.10 Å². The van der Waals surface area contributed by atoms with E-state index in [2.05, 4.69) is 33.1 Å². The van der Waals surface area contributed by atoms with Crippen molar-refractivity contribution in [3.05, 3.63) is 45.4 Å². The van der Waals surface area contributed by atoms with E-state index in [0.717, 1.165) is 9.13 Å². The lowest BCUT2D eigenvalue weighted by Gasteiger charge is -2.11. The lowest BCUT2D eigenvalue weighted by atomic mass is 10.2. The van der Waals surface area contributed by atoms with Gasteiger partial charge in [0.25, 0.3) is 0 Å². The van der Waals surface area contributed by atoms with Crippen molar-refractivity contribution < 1.29 is 18.7 Å². The maximum absolute atomic E-state index is 11.7. The van der Waals surface area contributed by atoms with E-state index in [1.54, 1.807) is 25.3 Å². The Morgan fingerprint density at radius 3 is 2.95 bits per heavy atom. The topological polar surface area (TPSA) is 73.1 Å². The minimum atomic E-state index is -0.408. The highest BCUT2D eigenvalue weighted by Gasteiger charge is 2.11. The summed E-state index contributed by atoms with van der Waals surface area (Å²) in [5.74, 6) is 1.11. The Hall–Kier alpha value is -2.03. The molecule has 1 aromatic carbocycles. The van der Waals surface area contributed by atoms with E-state index in [1.165, 1.54) is 12.5 Å². The van der Waals surface area contributed by atoms with Crippen LogP contribution in [0.4, 0.5) is 0 Å². The zero-order chi connectivity index (χ0) is 15.9. The summed E-state index contributed by atoms with van der Waals surface area (Å²) < 4.78 is 16.7. The number of hydrazone groups is 1. The maximum Gasteiger partial charge on any atom is 0.307 e. The van der Waals surface area contributed by atoms with E-state index in [4.69, 9.17) is 13.9 Å². The Morgan fingerprint density at radius 1 is 1.50 bits per heavy atom. The molecule has 0 fully saturated rings. The van der Waals surface area contributed by atoms with Crippen LogP contribution in [0, 0.1) is 3.57 Å². The average Bonchev–Trinajstić information content (AvgIpc) is 3.04. The standard InChI is InChI=1S/C15H15IN2O4/c1-3-21-14-11(16)7-10(8-13(14)20-2)9-17-18-15(19)12-5-4-6-22-12/h4-9H,3H2,1-2H3,(H,18,19)/b17-9-. The Balaban J connectivity index is 2.11. The van der Waals surface area contributed by atoms with Gasteiger partial charge in [0.15, 0.2) is 17.3 Å². The number of rotatable bonds is 6. The lowest BCUT2D eigenvalue weighted by molar-refractivity contribution is 0.0927. The Morgan fingerprint density at radius 2 is 2.32 bits per heavy atom. The molecule has 0 unspecified atom stereocenters. The molecule has 0 bridgehead atoms. The molecular formula is C15H15IN2O4. The zero-order valence-electron chi connectivity index (χ0n) is 12.1. The fourth-order valence-electron chi connectivity index (χ4n) is 1.73. The fourth-order valence-corrected chi connectivity index (χ4v) is 2.51. The monoisotopic (exact) mass is 414 g/mol.